The summed E-state index contributed by atoms with van der Waals surface area (Å²) in [6.45, 7) is 6.76. The molecule has 0 spiro atoms. The van der Waals surface area contributed by atoms with Gasteiger partial charge in [-0.25, -0.2) is 4.98 Å². The zero-order valence-corrected chi connectivity index (χ0v) is 17.6. The molecule has 1 N–H and O–H groups in total. The minimum Gasteiger partial charge on any atom is -0.466 e. The first-order valence-corrected chi connectivity index (χ1v) is 10.9. The average Bonchev–Trinajstić information content (AvgIpc) is 3.09. The maximum Gasteiger partial charge on any atom is 0.311 e. The van der Waals surface area contributed by atoms with Crippen molar-refractivity contribution in [3.8, 4) is 0 Å². The molecule has 0 aliphatic rings. The van der Waals surface area contributed by atoms with Crippen molar-refractivity contribution in [1.29, 1.82) is 0 Å². The fraction of sp³-hybridized carbons (Fsp3) is 0.450. The number of hydrogen-bond acceptors (Lipinski definition) is 6. The van der Waals surface area contributed by atoms with Crippen LogP contribution in [0.15, 0.2) is 40.1 Å². The molecule has 0 aliphatic carbocycles. The van der Waals surface area contributed by atoms with Gasteiger partial charge in [-0.15, -0.1) is 11.3 Å². The Balaban J connectivity index is 1.83. The van der Waals surface area contributed by atoms with Gasteiger partial charge in [0, 0.05) is 17.8 Å². The Morgan fingerprint density at radius 3 is 2.67 bits per heavy atom. The van der Waals surface area contributed by atoms with Gasteiger partial charge in [0.2, 0.25) is 5.91 Å². The van der Waals surface area contributed by atoms with Crippen LogP contribution in [-0.2, 0) is 20.7 Å². The van der Waals surface area contributed by atoms with Crippen molar-refractivity contribution in [2.24, 2.45) is 0 Å². The van der Waals surface area contributed by atoms with Gasteiger partial charge in [-0.2, -0.15) is 0 Å². The average molecular weight is 407 g/mol. The van der Waals surface area contributed by atoms with Crippen LogP contribution >= 0.6 is 23.1 Å². The number of rotatable bonds is 10. The first-order valence-electron chi connectivity index (χ1n) is 9.12. The Morgan fingerprint density at radius 1 is 1.26 bits per heavy atom. The van der Waals surface area contributed by atoms with Crippen LogP contribution in [0.2, 0.25) is 0 Å². The van der Waals surface area contributed by atoms with Gasteiger partial charge in [0.15, 0.2) is 4.34 Å². The quantitative estimate of drug-likeness (QED) is 0.476. The SMILES string of the molecule is CCOC(=O)Cc1csc(S[C@@H](C)C(=O)NC[C@@H](CC)c2ccccc2)n1. The van der Waals surface area contributed by atoms with Gasteiger partial charge in [-0.05, 0) is 25.8 Å². The predicted molar refractivity (Wildman–Crippen MR) is 110 cm³/mol. The number of amides is 1. The molecule has 0 radical (unpaired) electrons. The van der Waals surface area contributed by atoms with Crippen LogP contribution in [0.4, 0.5) is 0 Å². The van der Waals surface area contributed by atoms with E-state index in [0.29, 0.717) is 24.8 Å². The molecule has 2 aromatic rings. The van der Waals surface area contributed by atoms with Crippen molar-refractivity contribution in [3.05, 3.63) is 47.0 Å². The van der Waals surface area contributed by atoms with Crippen LogP contribution in [0.25, 0.3) is 0 Å². The lowest BCUT2D eigenvalue weighted by molar-refractivity contribution is -0.142. The highest BCUT2D eigenvalue weighted by atomic mass is 32.2. The predicted octanol–water partition coefficient (Wildman–Crippen LogP) is 4.04. The Hall–Kier alpha value is -1.86. The summed E-state index contributed by atoms with van der Waals surface area (Å²) >= 11 is 2.86. The topological polar surface area (TPSA) is 68.3 Å². The second-order valence-electron chi connectivity index (χ2n) is 6.11. The monoisotopic (exact) mass is 406 g/mol. The number of thiazole rings is 1. The van der Waals surface area contributed by atoms with Gasteiger partial charge in [0.25, 0.3) is 0 Å². The first-order chi connectivity index (χ1) is 13.0. The van der Waals surface area contributed by atoms with E-state index < -0.39 is 0 Å². The molecule has 0 fully saturated rings. The van der Waals surface area contributed by atoms with Crippen molar-refractivity contribution in [3.63, 3.8) is 0 Å². The van der Waals surface area contributed by atoms with E-state index >= 15 is 0 Å². The van der Waals surface area contributed by atoms with Crippen LogP contribution in [0, 0.1) is 0 Å². The summed E-state index contributed by atoms with van der Waals surface area (Å²) in [5, 5.41) is 4.64. The maximum absolute atomic E-state index is 12.4. The molecule has 27 heavy (non-hydrogen) atoms. The smallest absolute Gasteiger partial charge is 0.311 e. The van der Waals surface area contributed by atoms with E-state index in [1.54, 1.807) is 6.92 Å². The molecule has 5 nitrogen and oxygen atoms in total. The van der Waals surface area contributed by atoms with Crippen molar-refractivity contribution in [1.82, 2.24) is 10.3 Å². The molecule has 0 bridgehead atoms. The van der Waals surface area contributed by atoms with Crippen LogP contribution in [0.5, 0.6) is 0 Å². The van der Waals surface area contributed by atoms with Crippen molar-refractivity contribution < 1.29 is 14.3 Å². The van der Waals surface area contributed by atoms with Gasteiger partial charge in [0.05, 0.1) is 24.0 Å². The van der Waals surface area contributed by atoms with Crippen LogP contribution < -0.4 is 5.32 Å². The molecule has 0 unspecified atom stereocenters. The minimum absolute atomic E-state index is 0.00322. The van der Waals surface area contributed by atoms with E-state index in [9.17, 15) is 9.59 Å². The van der Waals surface area contributed by atoms with Crippen molar-refractivity contribution in [2.45, 2.75) is 49.1 Å². The van der Waals surface area contributed by atoms with E-state index in [2.05, 4.69) is 29.4 Å². The van der Waals surface area contributed by atoms with E-state index in [4.69, 9.17) is 4.74 Å². The number of ether oxygens (including phenoxy) is 1. The number of nitrogens with zero attached hydrogens (tertiary/aromatic N) is 1. The van der Waals surface area contributed by atoms with Gasteiger partial charge >= 0.3 is 5.97 Å². The van der Waals surface area contributed by atoms with E-state index in [1.807, 2.05) is 30.5 Å². The highest BCUT2D eigenvalue weighted by Crippen LogP contribution is 2.27. The number of nitrogens with one attached hydrogen (secondary N) is 1. The third kappa shape index (κ3) is 6.99. The molecule has 146 valence electrons. The number of esters is 1. The summed E-state index contributed by atoms with van der Waals surface area (Å²) in [6.07, 6.45) is 1.14. The van der Waals surface area contributed by atoms with Crippen LogP contribution in [0.1, 0.15) is 44.4 Å². The van der Waals surface area contributed by atoms with Crippen molar-refractivity contribution >= 4 is 35.0 Å². The summed E-state index contributed by atoms with van der Waals surface area (Å²) in [5.41, 5.74) is 1.92. The number of benzene rings is 1. The molecule has 1 amide bonds. The Bertz CT molecular complexity index is 734. The molecule has 1 aromatic carbocycles. The first kappa shape index (κ1) is 21.4. The number of thioether (sulfide) groups is 1. The van der Waals surface area contributed by atoms with Gasteiger partial charge in [-0.3, -0.25) is 9.59 Å². The molecule has 0 saturated carbocycles. The fourth-order valence-electron chi connectivity index (χ4n) is 2.58. The molecule has 2 rings (SSSR count). The highest BCUT2D eigenvalue weighted by molar-refractivity contribution is 8.02. The van der Waals surface area contributed by atoms with E-state index in [0.717, 1.165) is 10.8 Å². The number of hydrogen-bond donors (Lipinski definition) is 1. The molecule has 7 heteroatoms. The zero-order valence-electron chi connectivity index (χ0n) is 15.9. The molecular formula is C20H26N2O3S2. The largest absolute Gasteiger partial charge is 0.466 e. The van der Waals surface area contributed by atoms with Crippen LogP contribution in [-0.4, -0.2) is 35.3 Å². The minimum atomic E-state index is -0.281. The fourth-order valence-corrected chi connectivity index (χ4v) is 4.58. The summed E-state index contributed by atoms with van der Waals surface area (Å²) < 4.78 is 5.71. The number of aromatic nitrogens is 1. The molecule has 0 saturated heterocycles. The summed E-state index contributed by atoms with van der Waals surface area (Å²) in [7, 11) is 0. The standard InChI is InChI=1S/C20H26N2O3S2/c1-4-15(16-9-7-6-8-10-16)12-21-19(24)14(3)27-20-22-17(13-26-20)11-18(23)25-5-2/h6-10,13-15H,4-5,11-12H2,1-3H3,(H,21,24)/t14-,15+/m0/s1. The van der Waals surface area contributed by atoms with Gasteiger partial charge in [-0.1, -0.05) is 49.0 Å². The second kappa shape index (κ2) is 11.1. The third-order valence-electron chi connectivity index (χ3n) is 4.09. The lowest BCUT2D eigenvalue weighted by Gasteiger charge is -2.17. The zero-order chi connectivity index (χ0) is 19.6. The van der Waals surface area contributed by atoms with Gasteiger partial charge in [0.1, 0.15) is 0 Å². The Labute approximate surface area is 168 Å². The van der Waals surface area contributed by atoms with E-state index in [1.165, 1.54) is 28.7 Å². The maximum atomic E-state index is 12.4. The summed E-state index contributed by atoms with van der Waals surface area (Å²) in [5.74, 6) is 0.0246. The van der Waals surface area contributed by atoms with Crippen molar-refractivity contribution in [2.75, 3.05) is 13.2 Å². The molecular weight excluding hydrogens is 380 g/mol. The normalized spacial score (nSPS) is 13.0. The second-order valence-corrected chi connectivity index (χ2v) is 8.55. The number of carbonyl (C=O) groups is 2. The van der Waals surface area contributed by atoms with Crippen LogP contribution in [0.3, 0.4) is 0 Å². The van der Waals surface area contributed by atoms with Gasteiger partial charge < -0.3 is 10.1 Å². The highest BCUT2D eigenvalue weighted by Gasteiger charge is 2.18. The molecule has 1 heterocycles. The Morgan fingerprint density at radius 2 is 2.00 bits per heavy atom. The Kier molecular flexibility index (Phi) is 8.81. The lowest BCUT2D eigenvalue weighted by atomic mass is 9.96. The summed E-state index contributed by atoms with van der Waals surface area (Å²) in [6, 6.07) is 10.2. The van der Waals surface area contributed by atoms with E-state index in [-0.39, 0.29) is 23.5 Å². The third-order valence-corrected chi connectivity index (χ3v) is 6.22. The molecule has 2 atom stereocenters. The molecule has 0 aliphatic heterocycles. The number of carbonyl (C=O) groups excluding carboxylic acids is 2. The lowest BCUT2D eigenvalue weighted by Crippen LogP contribution is -2.34. The summed E-state index contributed by atoms with van der Waals surface area (Å²) in [4.78, 5) is 28.4. The molecule has 1 aromatic heterocycles.